The minimum atomic E-state index is -0.241. The normalized spacial score (nSPS) is 19.9. The van der Waals surface area contributed by atoms with Gasteiger partial charge in [-0.25, -0.2) is 0 Å². The summed E-state index contributed by atoms with van der Waals surface area (Å²) in [5, 5.41) is 13.5. The van der Waals surface area contributed by atoms with Gasteiger partial charge in [0.15, 0.2) is 23.0 Å². The van der Waals surface area contributed by atoms with Crippen molar-refractivity contribution in [1.29, 1.82) is 0 Å². The molecule has 33 heavy (non-hydrogen) atoms. The number of benzene rings is 2. The van der Waals surface area contributed by atoms with Gasteiger partial charge in [-0.1, -0.05) is 12.1 Å². The number of hydrogen-bond acceptors (Lipinski definition) is 5. The number of aryl methyl sites for hydroxylation is 1. The van der Waals surface area contributed by atoms with Crippen molar-refractivity contribution in [3.05, 3.63) is 71.5 Å². The molecule has 8 heteroatoms. The van der Waals surface area contributed by atoms with Gasteiger partial charge in [-0.05, 0) is 53.9 Å². The molecule has 4 bridgehead atoms. The van der Waals surface area contributed by atoms with Gasteiger partial charge in [-0.2, -0.15) is 0 Å². The van der Waals surface area contributed by atoms with Crippen molar-refractivity contribution in [2.75, 3.05) is 20.2 Å². The van der Waals surface area contributed by atoms with E-state index >= 15 is 0 Å². The zero-order valence-corrected chi connectivity index (χ0v) is 18.2. The largest absolute Gasteiger partial charge is 0.504 e. The molecule has 2 aromatic carbocycles. The van der Waals surface area contributed by atoms with Gasteiger partial charge in [0.05, 0.1) is 13.2 Å². The summed E-state index contributed by atoms with van der Waals surface area (Å²) in [7, 11) is 1.56. The number of rotatable bonds is 2. The molecule has 3 heterocycles. The fourth-order valence-corrected chi connectivity index (χ4v) is 4.54. The Balaban J connectivity index is 1.54. The predicted molar refractivity (Wildman–Crippen MR) is 121 cm³/mol. The summed E-state index contributed by atoms with van der Waals surface area (Å²) >= 11 is 0. The molecule has 3 aromatic rings. The van der Waals surface area contributed by atoms with Crippen molar-refractivity contribution in [2.45, 2.75) is 24.8 Å². The molecule has 2 atom stereocenters. The third-order valence-corrected chi connectivity index (χ3v) is 6.28. The first kappa shape index (κ1) is 20.9. The lowest BCUT2D eigenvalue weighted by Crippen LogP contribution is -2.40. The number of methoxy groups -OCH3 is 1. The Kier molecular flexibility index (Phi) is 5.42. The van der Waals surface area contributed by atoms with Crippen LogP contribution in [0.2, 0.25) is 0 Å². The van der Waals surface area contributed by atoms with E-state index < -0.39 is 0 Å². The molecule has 8 nitrogen and oxygen atoms in total. The van der Waals surface area contributed by atoms with Gasteiger partial charge in [-0.3, -0.25) is 9.59 Å². The van der Waals surface area contributed by atoms with Crippen molar-refractivity contribution in [3.63, 3.8) is 0 Å². The second-order valence-electron chi connectivity index (χ2n) is 8.39. The van der Waals surface area contributed by atoms with Gasteiger partial charge in [0, 0.05) is 31.6 Å². The average Bonchev–Trinajstić information content (AvgIpc) is 3.49. The third-order valence-electron chi connectivity index (χ3n) is 6.28. The van der Waals surface area contributed by atoms with Crippen molar-refractivity contribution in [3.8, 4) is 23.0 Å². The van der Waals surface area contributed by atoms with Gasteiger partial charge in [0.2, 0.25) is 5.91 Å². The van der Waals surface area contributed by atoms with Crippen molar-refractivity contribution < 1.29 is 24.2 Å². The number of ether oxygens (including phenoxy) is 2. The molecule has 1 aromatic heterocycles. The first-order chi connectivity index (χ1) is 16.0. The van der Waals surface area contributed by atoms with Crippen LogP contribution in [0.3, 0.4) is 0 Å². The van der Waals surface area contributed by atoms with Crippen LogP contribution < -0.4 is 14.8 Å². The zero-order valence-electron chi connectivity index (χ0n) is 18.2. The SMILES string of the molecule is COc1ccc2cc1Oc1cc(ccc1O)CCC(=O)N[C@@H]1CN(C(=O)c3ccc[nH]3)C[C@@H]21. The zero-order chi connectivity index (χ0) is 22.9. The van der Waals surface area contributed by atoms with E-state index in [1.807, 2.05) is 12.1 Å². The Bertz CT molecular complexity index is 1190. The van der Waals surface area contributed by atoms with E-state index in [0.717, 1.165) is 11.1 Å². The standard InChI is InChI=1S/C25H25N3O5/c1-32-21-8-6-16-12-23(21)33-22-11-15(4-7-20(22)29)5-9-24(30)27-19-14-28(13-17(16)19)25(31)18-3-2-10-26-18/h2-4,6-8,10-12,17,19,26,29H,5,9,13-14H2,1H3,(H,27,30)/t17-,19+/m0/s1. The Hall–Kier alpha value is -3.94. The van der Waals surface area contributed by atoms with Crippen LogP contribution in [0.15, 0.2) is 54.7 Å². The number of phenolic OH excluding ortho intramolecular Hbond substituents is 1. The maximum Gasteiger partial charge on any atom is 0.270 e. The molecule has 2 amide bonds. The quantitative estimate of drug-likeness (QED) is 0.560. The molecule has 5 rings (SSSR count). The van der Waals surface area contributed by atoms with Gasteiger partial charge in [-0.15, -0.1) is 0 Å². The minimum Gasteiger partial charge on any atom is -0.504 e. The average molecular weight is 447 g/mol. The summed E-state index contributed by atoms with van der Waals surface area (Å²) in [6.45, 7) is 0.860. The van der Waals surface area contributed by atoms with Crippen LogP contribution in [-0.2, 0) is 11.2 Å². The fraction of sp³-hybridized carbons (Fsp3) is 0.280. The summed E-state index contributed by atoms with van der Waals surface area (Å²) in [6.07, 6.45) is 2.51. The Morgan fingerprint density at radius 3 is 2.79 bits per heavy atom. The van der Waals surface area contributed by atoms with Crippen LogP contribution in [0.1, 0.15) is 34.0 Å². The first-order valence-corrected chi connectivity index (χ1v) is 10.9. The van der Waals surface area contributed by atoms with E-state index in [2.05, 4.69) is 10.3 Å². The maximum absolute atomic E-state index is 13.0. The molecule has 0 saturated carbocycles. The van der Waals surface area contributed by atoms with Gasteiger partial charge in [0.25, 0.3) is 5.91 Å². The van der Waals surface area contributed by atoms with Crippen LogP contribution in [0, 0.1) is 0 Å². The molecule has 1 saturated heterocycles. The molecule has 1 fully saturated rings. The monoisotopic (exact) mass is 447 g/mol. The molecule has 170 valence electrons. The Morgan fingerprint density at radius 1 is 1.12 bits per heavy atom. The van der Waals surface area contributed by atoms with Crippen LogP contribution in [-0.4, -0.2) is 53.0 Å². The highest BCUT2D eigenvalue weighted by atomic mass is 16.5. The number of aromatic amines is 1. The number of aromatic hydroxyl groups is 1. The first-order valence-electron chi connectivity index (χ1n) is 10.9. The smallest absolute Gasteiger partial charge is 0.270 e. The topological polar surface area (TPSA) is 104 Å². The molecule has 0 unspecified atom stereocenters. The number of phenols is 1. The molecule has 0 spiro atoms. The highest BCUT2D eigenvalue weighted by Crippen LogP contribution is 2.40. The van der Waals surface area contributed by atoms with Crippen molar-refractivity contribution in [2.24, 2.45) is 0 Å². The van der Waals surface area contributed by atoms with Gasteiger partial charge >= 0.3 is 0 Å². The van der Waals surface area contributed by atoms with E-state index in [1.54, 1.807) is 54.6 Å². The maximum atomic E-state index is 13.0. The molecule has 2 aliphatic heterocycles. The Labute approximate surface area is 191 Å². The number of amides is 2. The van der Waals surface area contributed by atoms with Crippen LogP contribution >= 0.6 is 0 Å². The fourth-order valence-electron chi connectivity index (χ4n) is 4.54. The molecule has 0 aliphatic carbocycles. The van der Waals surface area contributed by atoms with E-state index in [1.165, 1.54) is 0 Å². The van der Waals surface area contributed by atoms with Crippen molar-refractivity contribution >= 4 is 11.8 Å². The van der Waals surface area contributed by atoms with Crippen molar-refractivity contribution in [1.82, 2.24) is 15.2 Å². The second kappa shape index (κ2) is 8.54. The summed E-state index contributed by atoms with van der Waals surface area (Å²) in [4.78, 5) is 30.5. The number of nitrogens with one attached hydrogen (secondary N) is 2. The number of nitrogens with zero attached hydrogens (tertiary/aromatic N) is 1. The lowest BCUT2D eigenvalue weighted by molar-refractivity contribution is -0.121. The summed E-state index contributed by atoms with van der Waals surface area (Å²) in [6, 6.07) is 14.0. The van der Waals surface area contributed by atoms with E-state index in [0.29, 0.717) is 48.9 Å². The molecule has 0 radical (unpaired) electrons. The molecular formula is C25H25N3O5. The van der Waals surface area contributed by atoms with Gasteiger partial charge in [0.1, 0.15) is 5.69 Å². The number of hydrogen-bond donors (Lipinski definition) is 3. The number of H-pyrrole nitrogens is 1. The summed E-state index contributed by atoms with van der Waals surface area (Å²) < 4.78 is 11.5. The third kappa shape index (κ3) is 4.11. The Morgan fingerprint density at radius 2 is 2.00 bits per heavy atom. The van der Waals surface area contributed by atoms with E-state index in [4.69, 9.17) is 9.47 Å². The summed E-state index contributed by atoms with van der Waals surface area (Å²) in [5.74, 6) is 0.979. The number of carbonyl (C=O) groups is 2. The summed E-state index contributed by atoms with van der Waals surface area (Å²) in [5.41, 5.74) is 2.30. The predicted octanol–water partition coefficient (Wildman–Crippen LogP) is 3.19. The number of aromatic nitrogens is 1. The second-order valence-corrected chi connectivity index (χ2v) is 8.39. The number of carbonyl (C=O) groups excluding carboxylic acids is 2. The molecule has 3 N–H and O–H groups in total. The minimum absolute atomic E-state index is 0.00647. The van der Waals surface area contributed by atoms with E-state index in [9.17, 15) is 14.7 Å². The highest BCUT2D eigenvalue weighted by molar-refractivity contribution is 5.92. The van der Waals surface area contributed by atoms with Crippen LogP contribution in [0.5, 0.6) is 23.0 Å². The van der Waals surface area contributed by atoms with Gasteiger partial charge < -0.3 is 29.8 Å². The molecule has 2 aliphatic rings. The number of likely N-dealkylation sites (tertiary alicyclic amines) is 1. The highest BCUT2D eigenvalue weighted by Gasteiger charge is 2.38. The van der Waals surface area contributed by atoms with Crippen LogP contribution in [0.4, 0.5) is 0 Å². The lowest BCUT2D eigenvalue weighted by Gasteiger charge is -2.21. The van der Waals surface area contributed by atoms with Crippen LogP contribution in [0.25, 0.3) is 0 Å². The molecular weight excluding hydrogens is 422 g/mol. The lowest BCUT2D eigenvalue weighted by atomic mass is 9.93. The number of fused-ring (bicyclic) bond motifs is 6. The van der Waals surface area contributed by atoms with E-state index in [-0.39, 0.29) is 29.5 Å².